The van der Waals surface area contributed by atoms with Crippen molar-refractivity contribution in [1.29, 1.82) is 0 Å². The first kappa shape index (κ1) is 44.4. The van der Waals surface area contributed by atoms with Gasteiger partial charge in [0, 0.05) is 19.6 Å². The lowest BCUT2D eigenvalue weighted by Gasteiger charge is -2.56. The highest BCUT2D eigenvalue weighted by Gasteiger charge is 2.66. The molecule has 19 atom stereocenters. The lowest BCUT2D eigenvalue weighted by molar-refractivity contribution is -0.220. The summed E-state index contributed by atoms with van der Waals surface area (Å²) in [5.41, 5.74) is 1.55. The highest BCUT2D eigenvalue weighted by atomic mass is 16.6. The molecule has 0 N–H and O–H groups in total. The molecule has 4 saturated carbocycles. The zero-order chi connectivity index (χ0) is 42.9. The monoisotopic (exact) mass is 893 g/mol. The fraction of sp³-hybridized carbons (Fsp3) is 0.963. The molecule has 0 aromatic rings. The van der Waals surface area contributed by atoms with Gasteiger partial charge in [-0.15, -0.1) is 0 Å². The zero-order valence-corrected chi connectivity index (χ0v) is 39.7. The number of unbranched alkanes of at least 4 members (excludes halogenated alkanes) is 1. The first-order valence-corrected chi connectivity index (χ1v) is 27.5. The highest BCUT2D eigenvalue weighted by Crippen LogP contribution is 2.66. The van der Waals surface area contributed by atoms with Crippen LogP contribution in [0.3, 0.4) is 0 Å². The van der Waals surface area contributed by atoms with Crippen molar-refractivity contribution >= 4 is 0 Å². The molecule has 10 nitrogen and oxygen atoms in total. The molecule has 11 fully saturated rings. The minimum Gasteiger partial charge on any atom is -0.479 e. The molecule has 7 aliphatic heterocycles. The molecule has 19 unspecified atom stereocenters. The minimum atomic E-state index is -0.287. The number of allylic oxidation sites excluding steroid dienone is 1. The molecule has 10 heteroatoms. The van der Waals surface area contributed by atoms with Crippen molar-refractivity contribution in [3.8, 4) is 0 Å². The zero-order valence-electron chi connectivity index (χ0n) is 39.7. The number of hydrogen-bond donors (Lipinski definition) is 0. The number of rotatable bonds is 30. The summed E-state index contributed by atoms with van der Waals surface area (Å²) in [6.45, 7) is 10.5. The van der Waals surface area contributed by atoms with Gasteiger partial charge in [-0.3, -0.25) is 0 Å². The van der Waals surface area contributed by atoms with Crippen LogP contribution in [0.4, 0.5) is 0 Å². The van der Waals surface area contributed by atoms with Crippen LogP contribution in [0.25, 0.3) is 0 Å². The van der Waals surface area contributed by atoms with Crippen LogP contribution >= 0.6 is 0 Å². The van der Waals surface area contributed by atoms with E-state index in [-0.39, 0.29) is 29.0 Å². The van der Waals surface area contributed by atoms with Gasteiger partial charge in [0.2, 0.25) is 0 Å². The second-order valence-corrected chi connectivity index (χ2v) is 23.8. The summed E-state index contributed by atoms with van der Waals surface area (Å²) in [4.78, 5) is 0. The predicted molar refractivity (Wildman–Crippen MR) is 241 cm³/mol. The number of ether oxygens (including phenoxy) is 10. The van der Waals surface area contributed by atoms with Gasteiger partial charge in [0.05, 0.1) is 80.9 Å². The van der Waals surface area contributed by atoms with E-state index in [2.05, 4.69) is 13.8 Å². The van der Waals surface area contributed by atoms with Crippen LogP contribution in [-0.2, 0) is 47.4 Å². The van der Waals surface area contributed by atoms with Crippen LogP contribution in [0.5, 0.6) is 0 Å². The van der Waals surface area contributed by atoms with Gasteiger partial charge in [-0.1, -0.05) is 19.8 Å². The van der Waals surface area contributed by atoms with Crippen LogP contribution in [-0.4, -0.2) is 118 Å². The van der Waals surface area contributed by atoms with E-state index >= 15 is 0 Å². The second-order valence-electron chi connectivity index (χ2n) is 23.8. The molecule has 64 heavy (non-hydrogen) atoms. The summed E-state index contributed by atoms with van der Waals surface area (Å²) in [5.74, 6) is 5.55. The van der Waals surface area contributed by atoms with E-state index in [1.165, 1.54) is 134 Å². The molecule has 2 bridgehead atoms. The SMILES string of the molecule is CCC(C1CCC2OC2(C)C1)C(OC(CCCOCC1CO1)C1CO1)(C(CCCCOCC1CO1)CCC1CCC2OC2C1)C(CCC1=C2OC23CCC1C3)CCC1CCC2OC2C1. The lowest BCUT2D eigenvalue weighted by atomic mass is 9.56. The Morgan fingerprint density at radius 3 is 2.00 bits per heavy atom. The Kier molecular flexibility index (Phi) is 12.8. The Morgan fingerprint density at radius 1 is 0.703 bits per heavy atom. The summed E-state index contributed by atoms with van der Waals surface area (Å²) in [6.07, 6.45) is 32.4. The Labute approximate surface area is 384 Å². The van der Waals surface area contributed by atoms with E-state index in [9.17, 15) is 0 Å². The van der Waals surface area contributed by atoms with E-state index in [0.717, 1.165) is 83.1 Å². The molecule has 0 aromatic carbocycles. The average molecular weight is 893 g/mol. The largest absolute Gasteiger partial charge is 0.479 e. The Hall–Kier alpha value is -0.820. The maximum atomic E-state index is 8.59. The normalized spacial score (nSPS) is 44.0. The lowest BCUT2D eigenvalue weighted by Crippen LogP contribution is -2.58. The first-order valence-electron chi connectivity index (χ1n) is 27.5. The van der Waals surface area contributed by atoms with E-state index in [4.69, 9.17) is 47.4 Å². The van der Waals surface area contributed by atoms with Gasteiger partial charge < -0.3 is 47.4 Å². The molecular formula is C54H84O10. The molecule has 12 rings (SSSR count). The third-order valence-electron chi connectivity index (χ3n) is 19.5. The number of fused-ring (bicyclic) bond motifs is 4. The topological polar surface area (TPSA) is 115 Å². The highest BCUT2D eigenvalue weighted by molar-refractivity contribution is 5.42. The van der Waals surface area contributed by atoms with Crippen molar-refractivity contribution in [2.45, 2.75) is 240 Å². The quantitative estimate of drug-likeness (QED) is 0.0510. The molecule has 360 valence electrons. The molecule has 0 amide bonds. The molecular weight excluding hydrogens is 809 g/mol. The molecule has 12 aliphatic rings. The summed E-state index contributed by atoms with van der Waals surface area (Å²) in [6, 6.07) is 0. The van der Waals surface area contributed by atoms with Crippen molar-refractivity contribution < 1.29 is 47.4 Å². The van der Waals surface area contributed by atoms with Gasteiger partial charge in [-0.05, 0) is 189 Å². The maximum absolute atomic E-state index is 8.59. The van der Waals surface area contributed by atoms with Crippen LogP contribution < -0.4 is 0 Å². The van der Waals surface area contributed by atoms with Gasteiger partial charge >= 0.3 is 0 Å². The fourth-order valence-corrected chi connectivity index (χ4v) is 15.5. The van der Waals surface area contributed by atoms with Crippen molar-refractivity contribution in [2.75, 3.05) is 46.2 Å². The van der Waals surface area contributed by atoms with Crippen molar-refractivity contribution in [1.82, 2.24) is 0 Å². The molecule has 0 radical (unpaired) electrons. The van der Waals surface area contributed by atoms with E-state index in [0.29, 0.717) is 73.0 Å². The van der Waals surface area contributed by atoms with Crippen LogP contribution in [0.15, 0.2) is 11.3 Å². The van der Waals surface area contributed by atoms with Crippen LogP contribution in [0.2, 0.25) is 0 Å². The van der Waals surface area contributed by atoms with E-state index in [1.807, 2.05) is 0 Å². The second kappa shape index (κ2) is 18.5. The predicted octanol–water partition coefficient (Wildman–Crippen LogP) is 9.82. The summed E-state index contributed by atoms with van der Waals surface area (Å²) in [7, 11) is 0. The molecule has 5 aliphatic carbocycles. The molecule has 7 saturated heterocycles. The minimum absolute atomic E-state index is 0.0241. The van der Waals surface area contributed by atoms with Gasteiger partial charge in [0.1, 0.15) is 24.1 Å². The summed E-state index contributed by atoms with van der Waals surface area (Å²) in [5, 5.41) is 0. The van der Waals surface area contributed by atoms with Crippen LogP contribution in [0.1, 0.15) is 168 Å². The van der Waals surface area contributed by atoms with Gasteiger partial charge in [0.15, 0.2) is 5.60 Å². The van der Waals surface area contributed by atoms with Crippen LogP contribution in [0, 0.1) is 41.4 Å². The average Bonchev–Trinajstić information content (AvgIpc) is 4.07. The van der Waals surface area contributed by atoms with Gasteiger partial charge in [-0.2, -0.15) is 0 Å². The first-order chi connectivity index (χ1) is 31.4. The number of epoxide rings is 7. The fourth-order valence-electron chi connectivity index (χ4n) is 15.5. The Bertz CT molecular complexity index is 1640. The van der Waals surface area contributed by atoms with Gasteiger partial charge in [-0.25, -0.2) is 0 Å². The molecule has 1 spiro atoms. The number of hydrogen-bond acceptors (Lipinski definition) is 10. The summed E-state index contributed by atoms with van der Waals surface area (Å²) >= 11 is 0. The third kappa shape index (κ3) is 9.82. The van der Waals surface area contributed by atoms with Gasteiger partial charge in [0.25, 0.3) is 0 Å². The van der Waals surface area contributed by atoms with Crippen molar-refractivity contribution in [2.24, 2.45) is 41.4 Å². The van der Waals surface area contributed by atoms with Crippen molar-refractivity contribution in [3.63, 3.8) is 0 Å². The third-order valence-corrected chi connectivity index (χ3v) is 19.5. The van der Waals surface area contributed by atoms with E-state index < -0.39 is 0 Å². The maximum Gasteiger partial charge on any atom is 0.166 e. The Balaban J connectivity index is 0.904. The smallest absolute Gasteiger partial charge is 0.166 e. The standard InChI is InChI=1S/C54H84O10/c1-3-43(37-13-20-50-52(2,27-37)63-50)54(62-46(49-33-59-49)8-6-24-56-30-41-32-58-41,38(7-4-5-23-55-29-40-31-57-40)14-9-34-11-18-44-47(25-34)60-44)39(15-10-35-12-19-45-48(26-35)61-45)16-17-42-36-21-22-53(28-36)51(42)64-53/h34-41,43-50H,3-33H2,1-2H3. The molecule has 7 heterocycles. The summed E-state index contributed by atoms with van der Waals surface area (Å²) < 4.78 is 63.9. The Morgan fingerprint density at radius 2 is 1.39 bits per heavy atom. The molecule has 0 aromatic heterocycles. The van der Waals surface area contributed by atoms with Crippen molar-refractivity contribution in [3.05, 3.63) is 11.3 Å². The van der Waals surface area contributed by atoms with E-state index in [1.54, 1.807) is 5.57 Å².